The average molecular weight is 81.0 g/mol. The molecule has 0 aliphatic rings. The molecule has 0 saturated heterocycles. The summed E-state index contributed by atoms with van der Waals surface area (Å²) in [6, 6.07) is 0. The van der Waals surface area contributed by atoms with E-state index < -0.39 is 8.69 Å². The van der Waals surface area contributed by atoms with Crippen LogP contribution in [0, 0.1) is 0 Å². The average Bonchev–Trinajstić information content (AvgIpc) is 1.37. The Kier molecular flexibility index (Phi) is 3.04. The second-order valence-corrected chi connectivity index (χ2v) is 0.524. The molecule has 1 unspecified atom stereocenters. The first-order valence-electron chi connectivity index (χ1n) is 0.591. The van der Waals surface area contributed by atoms with E-state index in [1.54, 1.807) is 0 Å². The lowest BCUT2D eigenvalue weighted by atomic mass is 15.0. The summed E-state index contributed by atoms with van der Waals surface area (Å²) < 4.78 is 11.9. The topological polar surface area (TPSA) is 46.5 Å². The Morgan fingerprint density at radius 2 is 2.25 bits per heavy atom. The van der Waals surface area contributed by atoms with Crippen LogP contribution in [0.5, 0.6) is 0 Å². The van der Waals surface area contributed by atoms with E-state index in [2.05, 4.69) is 4.67 Å². The van der Waals surface area contributed by atoms with Crippen LogP contribution in [0.2, 0.25) is 0 Å². The Bertz CT molecular complexity index is 17.2. The van der Waals surface area contributed by atoms with E-state index in [0.29, 0.717) is 0 Å². The minimum atomic E-state index is -1.05. The molecule has 4 heteroatoms. The first-order chi connectivity index (χ1) is 1.91. The van der Waals surface area contributed by atoms with Crippen LogP contribution < -0.4 is 0 Å². The van der Waals surface area contributed by atoms with Gasteiger partial charge in [0.1, 0.15) is 0 Å². The van der Waals surface area contributed by atoms with Crippen LogP contribution in [0.4, 0.5) is 0 Å². The molecule has 4 heavy (non-hydrogen) atoms. The number of rotatable bonds is 1. The summed E-state index contributed by atoms with van der Waals surface area (Å²) in [5.74, 6) is 0. The summed E-state index contributed by atoms with van der Waals surface area (Å²) in [6.45, 7) is 0. The maximum Gasteiger partial charge on any atom is 0.526 e. The molecule has 0 aromatic carbocycles. The van der Waals surface area contributed by atoms with E-state index >= 15 is 0 Å². The molecule has 0 aliphatic carbocycles. The van der Waals surface area contributed by atoms with Crippen molar-refractivity contribution in [2.75, 3.05) is 0 Å². The molecular formula is H2O3P+. The lowest BCUT2D eigenvalue weighted by Crippen LogP contribution is -1.45. The predicted octanol–water partition coefficient (Wildman–Crippen LogP) is 0.415. The van der Waals surface area contributed by atoms with Gasteiger partial charge in [0.25, 0.3) is 0 Å². The van der Waals surface area contributed by atoms with Crippen molar-refractivity contribution in [2.24, 2.45) is 0 Å². The monoisotopic (exact) mass is 81.0 g/mol. The molecule has 0 amide bonds. The van der Waals surface area contributed by atoms with Crippen molar-refractivity contribution < 1.29 is 14.5 Å². The zero-order valence-corrected chi connectivity index (χ0v) is 2.76. The Morgan fingerprint density at radius 3 is 2.25 bits per heavy atom. The number of hydrogen-bond acceptors (Lipinski definition) is 3. The smallest absolute Gasteiger partial charge is 0.205 e. The Labute approximate surface area is 24.4 Å². The van der Waals surface area contributed by atoms with Gasteiger partial charge in [0.05, 0.1) is 0 Å². The van der Waals surface area contributed by atoms with Crippen LogP contribution in [0.1, 0.15) is 0 Å². The van der Waals surface area contributed by atoms with Crippen LogP contribution >= 0.6 is 8.69 Å². The summed E-state index contributed by atoms with van der Waals surface area (Å²) in [7, 11) is -1.05. The quantitative estimate of drug-likeness (QED) is 0.282. The summed E-state index contributed by atoms with van der Waals surface area (Å²) in [5.41, 5.74) is 0. The van der Waals surface area contributed by atoms with Crippen LogP contribution in [0.3, 0.4) is 0 Å². The fourth-order valence-corrected chi connectivity index (χ4v) is 0. The van der Waals surface area contributed by atoms with Crippen LogP contribution in [-0.2, 0) is 9.24 Å². The van der Waals surface area contributed by atoms with Crippen LogP contribution in [0.25, 0.3) is 0 Å². The van der Waals surface area contributed by atoms with Crippen molar-refractivity contribution >= 4 is 8.69 Å². The van der Waals surface area contributed by atoms with Crippen molar-refractivity contribution in [3.63, 3.8) is 0 Å². The van der Waals surface area contributed by atoms with Gasteiger partial charge in [-0.05, 0) is 4.57 Å². The van der Waals surface area contributed by atoms with Gasteiger partial charge in [-0.25, -0.2) is 5.26 Å². The van der Waals surface area contributed by atoms with E-state index in [1.165, 1.54) is 0 Å². The van der Waals surface area contributed by atoms with E-state index in [0.717, 1.165) is 0 Å². The molecule has 0 aromatic rings. The molecule has 0 radical (unpaired) electrons. The lowest BCUT2D eigenvalue weighted by Gasteiger charge is -1.42. The van der Waals surface area contributed by atoms with Gasteiger partial charge in [-0.15, -0.1) is 0 Å². The van der Waals surface area contributed by atoms with E-state index in [1.807, 2.05) is 0 Å². The van der Waals surface area contributed by atoms with E-state index in [4.69, 9.17) is 9.82 Å². The zero-order chi connectivity index (χ0) is 3.41. The van der Waals surface area contributed by atoms with Gasteiger partial charge in [0.15, 0.2) is 0 Å². The maximum absolute atomic E-state index is 8.85. The second-order valence-electron chi connectivity index (χ2n) is 0.175. The highest BCUT2D eigenvalue weighted by molar-refractivity contribution is 7.17. The van der Waals surface area contributed by atoms with Gasteiger partial charge in [0.2, 0.25) is 0 Å². The van der Waals surface area contributed by atoms with Gasteiger partial charge >= 0.3 is 8.69 Å². The minimum absolute atomic E-state index is 1.05. The standard InChI is InChI=1S/HO3P/c1-3-4-2/h4H/p+1. The molecule has 3 nitrogen and oxygen atoms in total. The van der Waals surface area contributed by atoms with Gasteiger partial charge in [-0.2, -0.15) is 0 Å². The summed E-state index contributed by atoms with van der Waals surface area (Å²) in [4.78, 5) is 0. The maximum atomic E-state index is 8.85. The summed E-state index contributed by atoms with van der Waals surface area (Å²) in [5, 5.41) is 7.07. The molecule has 1 N–H and O–H groups in total. The minimum Gasteiger partial charge on any atom is -0.205 e. The molecular weight excluding hydrogens is 79.0 g/mol. The largest absolute Gasteiger partial charge is 0.526 e. The Balaban J connectivity index is 2.30. The first-order valence-corrected chi connectivity index (χ1v) is 1.41. The van der Waals surface area contributed by atoms with Gasteiger partial charge < -0.3 is 0 Å². The van der Waals surface area contributed by atoms with Gasteiger partial charge in [-0.1, -0.05) is 0 Å². The van der Waals surface area contributed by atoms with Gasteiger partial charge in [-0.3, -0.25) is 0 Å². The fourth-order valence-electron chi connectivity index (χ4n) is 0. The zero-order valence-electron chi connectivity index (χ0n) is 1.76. The Morgan fingerprint density at radius 1 is 2.00 bits per heavy atom. The third-order valence-corrected chi connectivity index (χ3v) is 0.112. The molecule has 0 rings (SSSR count). The normalized spacial score (nSPS) is 8.25. The Hall–Kier alpha value is 0.0200. The lowest BCUT2D eigenvalue weighted by molar-refractivity contribution is -0.125. The summed E-state index contributed by atoms with van der Waals surface area (Å²) in [6.07, 6.45) is 0. The van der Waals surface area contributed by atoms with E-state index in [-0.39, 0.29) is 0 Å². The third-order valence-electron chi connectivity index (χ3n) is 0.0373. The van der Waals surface area contributed by atoms with Crippen LogP contribution in [-0.4, -0.2) is 5.26 Å². The highest BCUT2D eigenvalue weighted by Gasteiger charge is 1.69. The third kappa shape index (κ3) is 2.02. The molecule has 0 saturated carbocycles. The highest BCUT2D eigenvalue weighted by atomic mass is 31.1. The first kappa shape index (κ1) is 4.02. The molecule has 0 bridgehead atoms. The molecule has 0 fully saturated rings. The fraction of sp³-hybridized carbons (Fsp3) is 0. The summed E-state index contributed by atoms with van der Waals surface area (Å²) >= 11 is 0. The molecule has 0 aromatic heterocycles. The van der Waals surface area contributed by atoms with Crippen molar-refractivity contribution in [2.45, 2.75) is 0 Å². The molecule has 0 heterocycles. The highest BCUT2D eigenvalue weighted by Crippen LogP contribution is 1.82. The molecule has 1 atom stereocenters. The molecule has 0 spiro atoms. The second kappa shape index (κ2) is 3.02. The van der Waals surface area contributed by atoms with Gasteiger partial charge in [0, 0.05) is 4.67 Å². The predicted molar refractivity (Wildman–Crippen MR) is 12.7 cm³/mol. The van der Waals surface area contributed by atoms with E-state index in [9.17, 15) is 0 Å². The number of hydrogen-bond donors (Lipinski definition) is 1. The van der Waals surface area contributed by atoms with Crippen molar-refractivity contribution in [1.82, 2.24) is 0 Å². The molecule has 24 valence electrons. The van der Waals surface area contributed by atoms with Crippen molar-refractivity contribution in [3.8, 4) is 0 Å². The van der Waals surface area contributed by atoms with Crippen LogP contribution in [0.15, 0.2) is 0 Å². The SMILES string of the molecule is O=[PH+]OO. The molecule has 0 aliphatic heterocycles. The van der Waals surface area contributed by atoms with Crippen molar-refractivity contribution in [1.29, 1.82) is 0 Å². The van der Waals surface area contributed by atoms with Crippen molar-refractivity contribution in [3.05, 3.63) is 0 Å².